The maximum Gasteiger partial charge on any atom is 0.234 e. The number of carbonyl (C=O) groups is 1. The Bertz CT molecular complexity index is 449. The number of primary amides is 1. The summed E-state index contributed by atoms with van der Waals surface area (Å²) in [7, 11) is 0. The molecule has 0 unspecified atom stereocenters. The van der Waals surface area contributed by atoms with Crippen LogP contribution in [0.4, 0.5) is 0 Å². The first kappa shape index (κ1) is 16.3. The molecule has 1 amide bonds. The summed E-state index contributed by atoms with van der Waals surface area (Å²) in [6.45, 7) is 8.75. The molecule has 0 heterocycles. The fourth-order valence-corrected chi connectivity index (χ4v) is 1.89. The minimum Gasteiger partial charge on any atom is -0.490 e. The van der Waals surface area contributed by atoms with E-state index in [1.165, 1.54) is 0 Å². The van der Waals surface area contributed by atoms with E-state index in [9.17, 15) is 4.79 Å². The van der Waals surface area contributed by atoms with Crippen molar-refractivity contribution in [3.8, 4) is 11.5 Å². The molecule has 20 heavy (non-hydrogen) atoms. The van der Waals surface area contributed by atoms with Crippen LogP contribution < -0.4 is 20.5 Å². The monoisotopic (exact) mass is 280 g/mol. The van der Waals surface area contributed by atoms with Crippen LogP contribution >= 0.6 is 0 Å². The molecule has 5 heteroatoms. The Hall–Kier alpha value is -1.75. The lowest BCUT2D eigenvalue weighted by Gasteiger charge is -2.20. The Balaban J connectivity index is 2.89. The Kier molecular flexibility index (Phi) is 6.31. The Morgan fingerprint density at radius 3 is 2.35 bits per heavy atom. The fraction of sp³-hybridized carbons (Fsp3) is 0.533. The molecule has 1 aromatic carbocycles. The van der Waals surface area contributed by atoms with E-state index >= 15 is 0 Å². The van der Waals surface area contributed by atoms with Gasteiger partial charge < -0.3 is 15.2 Å². The zero-order valence-corrected chi connectivity index (χ0v) is 12.6. The Labute approximate surface area is 120 Å². The number of nitrogens with two attached hydrogens (primary N) is 1. The molecule has 0 aliphatic heterocycles. The summed E-state index contributed by atoms with van der Waals surface area (Å²) >= 11 is 0. The quantitative estimate of drug-likeness (QED) is 0.764. The molecule has 0 saturated heterocycles. The molecule has 0 bridgehead atoms. The molecule has 0 aliphatic carbocycles. The summed E-state index contributed by atoms with van der Waals surface area (Å²) in [6.07, 6.45) is 0. The van der Waals surface area contributed by atoms with Gasteiger partial charge in [-0.3, -0.25) is 10.1 Å². The molecular weight excluding hydrogens is 256 g/mol. The van der Waals surface area contributed by atoms with Crippen LogP contribution in [0.15, 0.2) is 18.2 Å². The number of hydrogen-bond donors (Lipinski definition) is 2. The van der Waals surface area contributed by atoms with E-state index in [2.05, 4.69) is 5.32 Å². The van der Waals surface area contributed by atoms with Crippen LogP contribution in [0.25, 0.3) is 0 Å². The highest BCUT2D eigenvalue weighted by atomic mass is 16.5. The minimum absolute atomic E-state index is 0.00705. The normalized spacial score (nSPS) is 13.6. The van der Waals surface area contributed by atoms with Gasteiger partial charge in [-0.05, 0) is 45.4 Å². The zero-order chi connectivity index (χ0) is 15.1. The van der Waals surface area contributed by atoms with Gasteiger partial charge >= 0.3 is 0 Å². The molecule has 0 saturated carbocycles. The molecule has 0 spiro atoms. The fourth-order valence-electron chi connectivity index (χ4n) is 1.89. The predicted molar refractivity (Wildman–Crippen MR) is 79.0 cm³/mol. The molecule has 0 radical (unpaired) electrons. The number of amides is 1. The van der Waals surface area contributed by atoms with Crippen LogP contribution in [0.5, 0.6) is 11.5 Å². The average Bonchev–Trinajstić information content (AvgIpc) is 2.41. The molecule has 5 nitrogen and oxygen atoms in total. The first-order valence-electron chi connectivity index (χ1n) is 6.94. The van der Waals surface area contributed by atoms with Gasteiger partial charge in [-0.1, -0.05) is 6.07 Å². The highest BCUT2D eigenvalue weighted by Crippen LogP contribution is 2.30. The van der Waals surface area contributed by atoms with Crippen molar-refractivity contribution in [2.45, 2.75) is 39.8 Å². The lowest BCUT2D eigenvalue weighted by atomic mass is 10.1. The number of nitrogens with one attached hydrogen (secondary N) is 1. The maximum absolute atomic E-state index is 11.1. The SMILES string of the molecule is CCOc1ccc([C@H](C)N[C@H](C)C(N)=O)cc1OCC. The van der Waals surface area contributed by atoms with E-state index in [4.69, 9.17) is 15.2 Å². The van der Waals surface area contributed by atoms with Crippen LogP contribution in [-0.2, 0) is 4.79 Å². The number of carbonyl (C=O) groups excluding carboxylic acids is 1. The van der Waals surface area contributed by atoms with Crippen molar-refractivity contribution in [1.29, 1.82) is 0 Å². The molecule has 1 rings (SSSR count). The molecule has 0 aromatic heterocycles. The lowest BCUT2D eigenvalue weighted by Crippen LogP contribution is -2.40. The van der Waals surface area contributed by atoms with Crippen LogP contribution in [0, 0.1) is 0 Å². The Morgan fingerprint density at radius 1 is 1.20 bits per heavy atom. The summed E-state index contributed by atoms with van der Waals surface area (Å²) in [5.41, 5.74) is 6.28. The molecular formula is C15H24N2O3. The van der Waals surface area contributed by atoms with Crippen LogP contribution in [0.2, 0.25) is 0 Å². The van der Waals surface area contributed by atoms with Gasteiger partial charge in [0.1, 0.15) is 0 Å². The molecule has 1 aromatic rings. The minimum atomic E-state index is -0.382. The van der Waals surface area contributed by atoms with Gasteiger partial charge in [0.25, 0.3) is 0 Å². The van der Waals surface area contributed by atoms with Crippen LogP contribution in [-0.4, -0.2) is 25.2 Å². The molecule has 2 atom stereocenters. The molecule has 0 fully saturated rings. The van der Waals surface area contributed by atoms with Gasteiger partial charge in [-0.15, -0.1) is 0 Å². The van der Waals surface area contributed by atoms with Crippen molar-refractivity contribution >= 4 is 5.91 Å². The first-order valence-corrected chi connectivity index (χ1v) is 6.94. The van der Waals surface area contributed by atoms with Crippen molar-refractivity contribution in [2.75, 3.05) is 13.2 Å². The van der Waals surface area contributed by atoms with E-state index in [1.54, 1.807) is 6.92 Å². The number of hydrogen-bond acceptors (Lipinski definition) is 4. The zero-order valence-electron chi connectivity index (χ0n) is 12.6. The smallest absolute Gasteiger partial charge is 0.234 e. The second-order valence-electron chi connectivity index (χ2n) is 4.58. The summed E-state index contributed by atoms with van der Waals surface area (Å²) in [5.74, 6) is 1.08. The highest BCUT2D eigenvalue weighted by Gasteiger charge is 2.15. The lowest BCUT2D eigenvalue weighted by molar-refractivity contribution is -0.119. The summed E-state index contributed by atoms with van der Waals surface area (Å²) in [5, 5.41) is 3.15. The molecule has 112 valence electrons. The number of ether oxygens (including phenoxy) is 2. The summed E-state index contributed by atoms with van der Waals surface area (Å²) in [4.78, 5) is 11.1. The van der Waals surface area contributed by atoms with Crippen molar-refractivity contribution < 1.29 is 14.3 Å². The predicted octanol–water partition coefficient (Wildman–Crippen LogP) is 2.01. The van der Waals surface area contributed by atoms with E-state index in [1.807, 2.05) is 39.0 Å². The van der Waals surface area contributed by atoms with Crippen molar-refractivity contribution in [1.82, 2.24) is 5.32 Å². The summed E-state index contributed by atoms with van der Waals surface area (Å²) in [6, 6.07) is 5.38. The van der Waals surface area contributed by atoms with E-state index in [0.29, 0.717) is 19.0 Å². The second-order valence-corrected chi connectivity index (χ2v) is 4.58. The van der Waals surface area contributed by atoms with Gasteiger partial charge in [-0.2, -0.15) is 0 Å². The van der Waals surface area contributed by atoms with Gasteiger partial charge in [0.2, 0.25) is 5.91 Å². The topological polar surface area (TPSA) is 73.6 Å². The Morgan fingerprint density at radius 2 is 1.80 bits per heavy atom. The van der Waals surface area contributed by atoms with Gasteiger partial charge in [-0.25, -0.2) is 0 Å². The van der Waals surface area contributed by atoms with E-state index in [0.717, 1.165) is 11.3 Å². The van der Waals surface area contributed by atoms with Crippen LogP contribution in [0.1, 0.15) is 39.3 Å². The largest absolute Gasteiger partial charge is 0.490 e. The molecule has 0 aliphatic rings. The first-order chi connectivity index (χ1) is 9.49. The van der Waals surface area contributed by atoms with Crippen molar-refractivity contribution in [3.63, 3.8) is 0 Å². The summed E-state index contributed by atoms with van der Waals surface area (Å²) < 4.78 is 11.1. The second kappa shape index (κ2) is 7.75. The average molecular weight is 280 g/mol. The van der Waals surface area contributed by atoms with Crippen LogP contribution in [0.3, 0.4) is 0 Å². The third-order valence-electron chi connectivity index (χ3n) is 2.99. The van der Waals surface area contributed by atoms with Crippen molar-refractivity contribution in [3.05, 3.63) is 23.8 Å². The van der Waals surface area contributed by atoms with E-state index in [-0.39, 0.29) is 18.0 Å². The van der Waals surface area contributed by atoms with Gasteiger partial charge in [0.15, 0.2) is 11.5 Å². The standard InChI is InChI=1S/C15H24N2O3/c1-5-19-13-8-7-12(9-14(13)20-6-2)10(3)17-11(4)15(16)18/h7-11,17H,5-6H2,1-4H3,(H2,16,18)/t10-,11+/m0/s1. The maximum atomic E-state index is 11.1. The third-order valence-corrected chi connectivity index (χ3v) is 2.99. The highest BCUT2D eigenvalue weighted by molar-refractivity contribution is 5.79. The van der Waals surface area contributed by atoms with E-state index < -0.39 is 0 Å². The number of benzene rings is 1. The third kappa shape index (κ3) is 4.42. The van der Waals surface area contributed by atoms with Crippen molar-refractivity contribution in [2.24, 2.45) is 5.73 Å². The number of rotatable bonds is 8. The molecule has 3 N–H and O–H groups in total. The van der Waals surface area contributed by atoms with Gasteiger partial charge in [0, 0.05) is 6.04 Å². The van der Waals surface area contributed by atoms with Gasteiger partial charge in [0.05, 0.1) is 19.3 Å².